The number of fused-ring (bicyclic) bond motifs is 1. The SMILES string of the molecule is C[C@@H]1[C@H](NCc2cccnc2)CC2C(C)(C)CCC[C@]2(C)[C@H]1COS(C)(=O)=O. The van der Waals surface area contributed by atoms with Crippen LogP contribution in [0.5, 0.6) is 0 Å². The van der Waals surface area contributed by atoms with E-state index in [1.807, 2.05) is 12.3 Å². The molecule has 158 valence electrons. The smallest absolute Gasteiger partial charge is 0.264 e. The molecule has 0 bridgehead atoms. The molecule has 0 spiro atoms. The highest BCUT2D eigenvalue weighted by Gasteiger charge is 2.56. The van der Waals surface area contributed by atoms with Gasteiger partial charge in [-0.1, -0.05) is 40.2 Å². The van der Waals surface area contributed by atoms with E-state index in [4.69, 9.17) is 4.18 Å². The average molecular weight is 409 g/mol. The highest BCUT2D eigenvalue weighted by molar-refractivity contribution is 7.85. The molecule has 3 rings (SSSR count). The van der Waals surface area contributed by atoms with Gasteiger partial charge in [0.25, 0.3) is 10.1 Å². The van der Waals surface area contributed by atoms with Crippen LogP contribution in [0.3, 0.4) is 0 Å². The maximum Gasteiger partial charge on any atom is 0.264 e. The predicted molar refractivity (Wildman–Crippen MR) is 112 cm³/mol. The van der Waals surface area contributed by atoms with Crippen molar-refractivity contribution in [3.8, 4) is 0 Å². The lowest BCUT2D eigenvalue weighted by molar-refractivity contribution is -0.116. The van der Waals surface area contributed by atoms with Gasteiger partial charge >= 0.3 is 0 Å². The summed E-state index contributed by atoms with van der Waals surface area (Å²) in [4.78, 5) is 4.21. The van der Waals surface area contributed by atoms with Gasteiger partial charge in [-0.25, -0.2) is 0 Å². The fourth-order valence-electron chi connectivity index (χ4n) is 6.11. The average Bonchev–Trinajstić information content (AvgIpc) is 2.59. The Hall–Kier alpha value is -0.980. The van der Waals surface area contributed by atoms with Crippen molar-refractivity contribution in [3.63, 3.8) is 0 Å². The number of aromatic nitrogens is 1. The number of nitrogens with one attached hydrogen (secondary N) is 1. The summed E-state index contributed by atoms with van der Waals surface area (Å²) in [5.74, 6) is 1.10. The van der Waals surface area contributed by atoms with Gasteiger partial charge in [0.1, 0.15) is 0 Å². The first kappa shape index (κ1) is 21.7. The van der Waals surface area contributed by atoms with Gasteiger partial charge in [0.05, 0.1) is 12.9 Å². The van der Waals surface area contributed by atoms with Crippen molar-refractivity contribution >= 4 is 10.1 Å². The van der Waals surface area contributed by atoms with Crippen LogP contribution < -0.4 is 5.32 Å². The van der Waals surface area contributed by atoms with E-state index in [0.29, 0.717) is 17.9 Å². The molecule has 0 aromatic carbocycles. The van der Waals surface area contributed by atoms with Crippen molar-refractivity contribution in [1.29, 1.82) is 0 Å². The third-order valence-corrected chi connectivity index (χ3v) is 8.20. The molecular formula is C22H36N2O3S. The fourth-order valence-corrected chi connectivity index (χ4v) is 6.50. The van der Waals surface area contributed by atoms with Crippen molar-refractivity contribution in [2.75, 3.05) is 12.9 Å². The van der Waals surface area contributed by atoms with E-state index >= 15 is 0 Å². The van der Waals surface area contributed by atoms with Crippen molar-refractivity contribution in [3.05, 3.63) is 30.1 Å². The minimum absolute atomic E-state index is 0.109. The lowest BCUT2D eigenvalue weighted by Gasteiger charge is -2.61. The highest BCUT2D eigenvalue weighted by atomic mass is 32.2. The summed E-state index contributed by atoms with van der Waals surface area (Å²) in [5.41, 5.74) is 1.54. The van der Waals surface area contributed by atoms with Crippen molar-refractivity contribution in [1.82, 2.24) is 10.3 Å². The van der Waals surface area contributed by atoms with Crippen LogP contribution in [0.4, 0.5) is 0 Å². The summed E-state index contributed by atoms with van der Waals surface area (Å²) >= 11 is 0. The third-order valence-electron chi connectivity index (χ3n) is 7.63. The molecule has 1 heterocycles. The first-order chi connectivity index (χ1) is 13.0. The molecule has 6 heteroatoms. The van der Waals surface area contributed by atoms with Gasteiger partial charge in [0, 0.05) is 25.0 Å². The van der Waals surface area contributed by atoms with E-state index in [9.17, 15) is 8.42 Å². The second kappa shape index (κ2) is 8.04. The van der Waals surface area contributed by atoms with Crippen LogP contribution in [0.2, 0.25) is 0 Å². The molecule has 2 aliphatic carbocycles. The second-order valence-electron chi connectivity index (χ2n) is 9.94. The van der Waals surface area contributed by atoms with E-state index < -0.39 is 10.1 Å². The van der Waals surface area contributed by atoms with Crippen LogP contribution in [0.15, 0.2) is 24.5 Å². The normalized spacial score (nSPS) is 35.3. The number of hydrogen-bond donors (Lipinski definition) is 1. The Kier molecular flexibility index (Phi) is 6.23. The Balaban J connectivity index is 1.84. The van der Waals surface area contributed by atoms with E-state index in [1.54, 1.807) is 6.20 Å². The summed E-state index contributed by atoms with van der Waals surface area (Å²) < 4.78 is 28.8. The van der Waals surface area contributed by atoms with E-state index in [2.05, 4.69) is 44.1 Å². The molecule has 2 saturated carbocycles. The van der Waals surface area contributed by atoms with Gasteiger partial charge in [-0.2, -0.15) is 8.42 Å². The molecule has 2 aliphatic rings. The van der Waals surface area contributed by atoms with Crippen molar-refractivity contribution in [2.24, 2.45) is 28.6 Å². The number of hydrogen-bond acceptors (Lipinski definition) is 5. The molecule has 28 heavy (non-hydrogen) atoms. The maximum absolute atomic E-state index is 11.7. The van der Waals surface area contributed by atoms with Crippen LogP contribution in [0.1, 0.15) is 58.9 Å². The molecule has 1 aromatic heterocycles. The molecule has 1 N–H and O–H groups in total. The second-order valence-corrected chi connectivity index (χ2v) is 11.6. The lowest BCUT2D eigenvalue weighted by Crippen LogP contribution is -2.59. The van der Waals surface area contributed by atoms with E-state index in [0.717, 1.165) is 25.6 Å². The molecule has 1 unspecified atom stereocenters. The Morgan fingerprint density at radius 2 is 2.04 bits per heavy atom. The third kappa shape index (κ3) is 4.60. The van der Waals surface area contributed by atoms with Gasteiger partial charge in [-0.05, 0) is 59.5 Å². The summed E-state index contributed by atoms with van der Waals surface area (Å²) in [6.07, 6.45) is 9.56. The Morgan fingerprint density at radius 3 is 2.68 bits per heavy atom. The Labute approximate surface area is 170 Å². The number of pyridine rings is 1. The molecule has 2 fully saturated rings. The van der Waals surface area contributed by atoms with Crippen LogP contribution in [-0.4, -0.2) is 32.3 Å². The first-order valence-electron chi connectivity index (χ1n) is 10.5. The van der Waals surface area contributed by atoms with Gasteiger partial charge in [0.2, 0.25) is 0 Å². The zero-order valence-corrected chi connectivity index (χ0v) is 18.8. The summed E-state index contributed by atoms with van der Waals surface area (Å²) in [6.45, 7) is 10.5. The van der Waals surface area contributed by atoms with Gasteiger partial charge in [-0.3, -0.25) is 9.17 Å². The monoisotopic (exact) mass is 408 g/mol. The zero-order chi connectivity index (χ0) is 20.6. The number of nitrogens with zero attached hydrogens (tertiary/aromatic N) is 1. The number of rotatable bonds is 6. The molecule has 5 atom stereocenters. The van der Waals surface area contributed by atoms with Gasteiger partial charge < -0.3 is 5.32 Å². The first-order valence-corrected chi connectivity index (χ1v) is 12.3. The van der Waals surface area contributed by atoms with Crippen LogP contribution in [-0.2, 0) is 20.8 Å². The zero-order valence-electron chi connectivity index (χ0n) is 17.9. The van der Waals surface area contributed by atoms with Gasteiger partial charge in [0.15, 0.2) is 0 Å². The standard InChI is InChI=1S/C22H36N2O3S/c1-16-18(15-27-28(5,25)26)22(4)10-7-9-21(2,3)20(22)12-19(16)24-14-17-8-6-11-23-13-17/h6,8,11,13,16,18-20,24H,7,9-10,12,14-15H2,1-5H3/t16-,18-,19+,20?,22+/m0/s1. The largest absolute Gasteiger partial charge is 0.310 e. The molecule has 1 aromatic rings. The molecule has 0 amide bonds. The molecular weight excluding hydrogens is 372 g/mol. The van der Waals surface area contributed by atoms with Gasteiger partial charge in [-0.15, -0.1) is 0 Å². The van der Waals surface area contributed by atoms with Crippen molar-refractivity contribution < 1.29 is 12.6 Å². The summed E-state index contributed by atoms with van der Waals surface area (Å²) in [5, 5.41) is 3.76. The molecule has 0 radical (unpaired) electrons. The maximum atomic E-state index is 11.7. The van der Waals surface area contributed by atoms with Crippen LogP contribution in [0.25, 0.3) is 0 Å². The van der Waals surface area contributed by atoms with Crippen molar-refractivity contribution in [2.45, 2.75) is 66.0 Å². The predicted octanol–water partition coefficient (Wildman–Crippen LogP) is 4.00. The minimum Gasteiger partial charge on any atom is -0.310 e. The molecule has 0 aliphatic heterocycles. The van der Waals surface area contributed by atoms with Crippen LogP contribution >= 0.6 is 0 Å². The van der Waals surface area contributed by atoms with E-state index in [-0.39, 0.29) is 23.4 Å². The van der Waals surface area contributed by atoms with E-state index in [1.165, 1.54) is 18.4 Å². The fraction of sp³-hybridized carbons (Fsp3) is 0.773. The molecule has 0 saturated heterocycles. The Bertz CT molecular complexity index is 765. The topological polar surface area (TPSA) is 68.3 Å². The lowest BCUT2D eigenvalue weighted by atomic mass is 9.46. The summed E-state index contributed by atoms with van der Waals surface area (Å²) in [6, 6.07) is 4.39. The molecule has 5 nitrogen and oxygen atoms in total. The quantitative estimate of drug-likeness (QED) is 0.721. The van der Waals surface area contributed by atoms with Crippen LogP contribution in [0, 0.1) is 28.6 Å². The highest BCUT2D eigenvalue weighted by Crippen LogP contribution is 2.61. The summed E-state index contributed by atoms with van der Waals surface area (Å²) in [7, 11) is -3.44. The Morgan fingerprint density at radius 1 is 1.29 bits per heavy atom. The minimum atomic E-state index is -3.44.